The first kappa shape index (κ1) is 23.1. The van der Waals surface area contributed by atoms with E-state index >= 15 is 0 Å². The van der Waals surface area contributed by atoms with Crippen LogP contribution in [0, 0.1) is 13.8 Å². The number of benzene rings is 2. The number of methoxy groups -OCH3 is 3. The molecule has 0 saturated heterocycles. The lowest BCUT2D eigenvalue weighted by Crippen LogP contribution is -2.05. The second-order valence-electron chi connectivity index (χ2n) is 7.96. The van der Waals surface area contributed by atoms with Gasteiger partial charge in [0.15, 0.2) is 5.69 Å². The van der Waals surface area contributed by atoms with Gasteiger partial charge in [-0.2, -0.15) is 4.98 Å². The molecule has 0 atom stereocenters. The minimum absolute atomic E-state index is 0.256. The first-order valence-corrected chi connectivity index (χ1v) is 11.1. The van der Waals surface area contributed by atoms with Crippen molar-refractivity contribution in [3.63, 3.8) is 0 Å². The third-order valence-electron chi connectivity index (χ3n) is 5.75. The van der Waals surface area contributed by atoms with E-state index in [1.54, 1.807) is 44.2 Å². The number of rotatable bonds is 8. The molecule has 0 aliphatic rings. The van der Waals surface area contributed by atoms with Crippen molar-refractivity contribution in [3.05, 3.63) is 59.6 Å². The first-order chi connectivity index (χ1) is 17.5. The Balaban J connectivity index is 1.39. The number of aromatic nitrogens is 6. The first-order valence-electron chi connectivity index (χ1n) is 11.1. The number of aryl methyl sites for hydroxylation is 1. The van der Waals surface area contributed by atoms with Gasteiger partial charge in [-0.1, -0.05) is 10.4 Å². The van der Waals surface area contributed by atoms with Gasteiger partial charge in [-0.3, -0.25) is 0 Å². The normalized spacial score (nSPS) is 11.0. The quantitative estimate of drug-likeness (QED) is 0.311. The van der Waals surface area contributed by atoms with E-state index in [-0.39, 0.29) is 5.89 Å². The Kier molecular flexibility index (Phi) is 6.11. The highest BCUT2D eigenvalue weighted by molar-refractivity contribution is 5.63. The highest BCUT2D eigenvalue weighted by atomic mass is 16.5. The molecule has 0 spiro atoms. The average Bonchev–Trinajstić information content (AvgIpc) is 3.63. The molecule has 0 amide bonds. The van der Waals surface area contributed by atoms with Crippen LogP contribution in [0.4, 0.5) is 0 Å². The van der Waals surface area contributed by atoms with Crippen molar-refractivity contribution in [2.45, 2.75) is 20.4 Å². The molecule has 0 aliphatic carbocycles. The highest BCUT2D eigenvalue weighted by Crippen LogP contribution is 2.30. The molecular weight excluding hydrogens is 464 g/mol. The van der Waals surface area contributed by atoms with Gasteiger partial charge in [0.1, 0.15) is 28.7 Å². The predicted molar refractivity (Wildman–Crippen MR) is 129 cm³/mol. The van der Waals surface area contributed by atoms with Crippen molar-refractivity contribution in [2.75, 3.05) is 21.3 Å². The van der Waals surface area contributed by atoms with Crippen LogP contribution in [0.2, 0.25) is 0 Å². The summed E-state index contributed by atoms with van der Waals surface area (Å²) >= 11 is 0. The smallest absolute Gasteiger partial charge is 0.280 e. The molecule has 5 aromatic rings. The molecule has 0 N–H and O–H groups in total. The van der Waals surface area contributed by atoms with Crippen molar-refractivity contribution >= 4 is 0 Å². The number of ether oxygens (including phenoxy) is 3. The molecule has 3 heterocycles. The fourth-order valence-corrected chi connectivity index (χ4v) is 3.66. The third-order valence-corrected chi connectivity index (χ3v) is 5.75. The van der Waals surface area contributed by atoms with Gasteiger partial charge in [0.25, 0.3) is 5.89 Å². The predicted octanol–water partition coefficient (Wildman–Crippen LogP) is 4.34. The standard InChI is InChI=1S/C25H24N6O5/c1-14-22(25-27-23(29-36-25)17-10-19(33-4)12-20(11-17)34-5)28-30-31(14)13-21-15(2)35-24(26-21)16-6-8-18(32-3)9-7-16/h6-12H,13H2,1-5H3. The van der Waals surface area contributed by atoms with Crippen molar-refractivity contribution in [3.8, 4) is 51.7 Å². The molecule has 184 valence electrons. The summed E-state index contributed by atoms with van der Waals surface area (Å²) in [6.45, 7) is 4.13. The summed E-state index contributed by atoms with van der Waals surface area (Å²) in [5, 5.41) is 12.6. The summed E-state index contributed by atoms with van der Waals surface area (Å²) in [7, 11) is 4.79. The maximum atomic E-state index is 5.89. The maximum absolute atomic E-state index is 5.89. The highest BCUT2D eigenvalue weighted by Gasteiger charge is 2.21. The fourth-order valence-electron chi connectivity index (χ4n) is 3.66. The Morgan fingerprint density at radius 1 is 0.806 bits per heavy atom. The van der Waals surface area contributed by atoms with Crippen LogP contribution in [0.1, 0.15) is 17.1 Å². The van der Waals surface area contributed by atoms with E-state index in [0.717, 1.165) is 22.7 Å². The Labute approximate surface area is 206 Å². The van der Waals surface area contributed by atoms with Crippen LogP contribution in [0.3, 0.4) is 0 Å². The fraction of sp³-hybridized carbons (Fsp3) is 0.240. The van der Waals surface area contributed by atoms with Crippen molar-refractivity contribution < 1.29 is 23.2 Å². The molecule has 11 heteroatoms. The lowest BCUT2D eigenvalue weighted by molar-refractivity contribution is 0.394. The zero-order valence-corrected chi connectivity index (χ0v) is 20.5. The van der Waals surface area contributed by atoms with Gasteiger partial charge in [-0.15, -0.1) is 5.10 Å². The van der Waals surface area contributed by atoms with Gasteiger partial charge in [0.2, 0.25) is 11.7 Å². The maximum Gasteiger partial charge on any atom is 0.280 e. The van der Waals surface area contributed by atoms with Crippen LogP contribution in [-0.2, 0) is 6.54 Å². The summed E-state index contributed by atoms with van der Waals surface area (Å²) < 4.78 is 29.0. The summed E-state index contributed by atoms with van der Waals surface area (Å²) in [4.78, 5) is 9.17. The summed E-state index contributed by atoms with van der Waals surface area (Å²) in [5.74, 6) is 3.87. The minimum Gasteiger partial charge on any atom is -0.497 e. The van der Waals surface area contributed by atoms with Crippen LogP contribution in [-0.4, -0.2) is 51.4 Å². The number of hydrogen-bond acceptors (Lipinski definition) is 10. The molecule has 0 fully saturated rings. The van der Waals surface area contributed by atoms with E-state index in [1.807, 2.05) is 38.1 Å². The number of nitrogens with zero attached hydrogens (tertiary/aromatic N) is 6. The molecule has 11 nitrogen and oxygen atoms in total. The van der Waals surface area contributed by atoms with Gasteiger partial charge in [-0.05, 0) is 50.2 Å². The molecule has 3 aromatic heterocycles. The van der Waals surface area contributed by atoms with E-state index in [0.29, 0.717) is 46.8 Å². The van der Waals surface area contributed by atoms with Crippen LogP contribution < -0.4 is 14.2 Å². The number of hydrogen-bond donors (Lipinski definition) is 0. The Hall–Kier alpha value is -4.67. The lowest BCUT2D eigenvalue weighted by Gasteiger charge is -2.05. The van der Waals surface area contributed by atoms with E-state index < -0.39 is 0 Å². The average molecular weight is 489 g/mol. The zero-order valence-electron chi connectivity index (χ0n) is 20.5. The summed E-state index contributed by atoms with van der Waals surface area (Å²) in [5.41, 5.74) is 3.53. The van der Waals surface area contributed by atoms with Crippen LogP contribution in [0.5, 0.6) is 17.2 Å². The minimum atomic E-state index is 0.256. The van der Waals surface area contributed by atoms with E-state index in [2.05, 4.69) is 25.4 Å². The molecule has 2 aromatic carbocycles. The largest absolute Gasteiger partial charge is 0.497 e. The second kappa shape index (κ2) is 9.53. The van der Waals surface area contributed by atoms with E-state index in [1.165, 1.54) is 0 Å². The molecule has 36 heavy (non-hydrogen) atoms. The van der Waals surface area contributed by atoms with Crippen LogP contribution in [0.25, 0.3) is 34.4 Å². The van der Waals surface area contributed by atoms with Crippen molar-refractivity contribution in [1.29, 1.82) is 0 Å². The van der Waals surface area contributed by atoms with Gasteiger partial charge >= 0.3 is 0 Å². The SMILES string of the molecule is COc1ccc(-c2nc(Cn3nnc(-c4nc(-c5cc(OC)cc(OC)c5)no4)c3C)c(C)o2)cc1. The van der Waals surface area contributed by atoms with Gasteiger partial charge in [0.05, 0.1) is 33.6 Å². The third kappa shape index (κ3) is 4.38. The summed E-state index contributed by atoms with van der Waals surface area (Å²) in [6.07, 6.45) is 0. The Morgan fingerprint density at radius 2 is 1.50 bits per heavy atom. The lowest BCUT2D eigenvalue weighted by atomic mass is 10.2. The van der Waals surface area contributed by atoms with Gasteiger partial charge < -0.3 is 23.2 Å². The molecule has 0 bridgehead atoms. The zero-order chi connectivity index (χ0) is 25.2. The van der Waals surface area contributed by atoms with Crippen LogP contribution >= 0.6 is 0 Å². The van der Waals surface area contributed by atoms with Gasteiger partial charge in [0, 0.05) is 17.2 Å². The molecule has 5 rings (SSSR count). The number of oxazole rings is 1. The summed E-state index contributed by atoms with van der Waals surface area (Å²) in [6, 6.07) is 12.9. The van der Waals surface area contributed by atoms with Gasteiger partial charge in [-0.25, -0.2) is 9.67 Å². The molecular formula is C25H24N6O5. The molecule has 0 saturated carbocycles. The monoisotopic (exact) mass is 488 g/mol. The topological polar surface area (TPSA) is 123 Å². The Morgan fingerprint density at radius 3 is 2.17 bits per heavy atom. The molecule has 0 radical (unpaired) electrons. The molecule has 0 aliphatic heterocycles. The second-order valence-corrected chi connectivity index (χ2v) is 7.96. The molecule has 0 unspecified atom stereocenters. The van der Waals surface area contributed by atoms with Crippen molar-refractivity contribution in [2.24, 2.45) is 0 Å². The Bertz CT molecular complexity index is 1480. The van der Waals surface area contributed by atoms with E-state index in [4.69, 9.17) is 23.2 Å². The van der Waals surface area contributed by atoms with Crippen LogP contribution in [0.15, 0.2) is 51.4 Å². The van der Waals surface area contributed by atoms with E-state index in [9.17, 15) is 0 Å². The van der Waals surface area contributed by atoms with Crippen molar-refractivity contribution in [1.82, 2.24) is 30.1 Å².